The van der Waals surface area contributed by atoms with Crippen LogP contribution in [0.3, 0.4) is 0 Å². The van der Waals surface area contributed by atoms with Crippen LogP contribution in [0.1, 0.15) is 65.2 Å². The molecule has 0 spiro atoms. The number of hydrogen-bond acceptors (Lipinski definition) is 7. The Labute approximate surface area is 246 Å². The van der Waals surface area contributed by atoms with Gasteiger partial charge in [-0.3, -0.25) is 4.79 Å². The Bertz CT molecular complexity index is 1150. The van der Waals surface area contributed by atoms with Gasteiger partial charge in [-0.2, -0.15) is 0 Å². The maximum Gasteiger partial charge on any atom is 0.257 e. The first-order valence-corrected chi connectivity index (χ1v) is 13.7. The van der Waals surface area contributed by atoms with Gasteiger partial charge in [0.25, 0.3) is 5.91 Å². The van der Waals surface area contributed by atoms with Gasteiger partial charge in [-0.15, -0.1) is 0 Å². The van der Waals surface area contributed by atoms with E-state index in [0.717, 1.165) is 22.9 Å². The molecule has 2 heterocycles. The quantitative estimate of drug-likeness (QED) is 0.361. The van der Waals surface area contributed by atoms with E-state index >= 15 is 0 Å². The van der Waals surface area contributed by atoms with Crippen LogP contribution in [0.25, 0.3) is 0 Å². The lowest BCUT2D eigenvalue weighted by Crippen LogP contribution is -2.29. The van der Waals surface area contributed by atoms with Gasteiger partial charge in [0, 0.05) is 32.2 Å². The first-order chi connectivity index (χ1) is 19.8. The minimum atomic E-state index is -0.210. The largest absolute Gasteiger partial charge is 0.363 e. The van der Waals surface area contributed by atoms with Crippen molar-refractivity contribution in [1.82, 2.24) is 9.88 Å². The fourth-order valence-corrected chi connectivity index (χ4v) is 4.02. The third-order valence-corrected chi connectivity index (χ3v) is 6.41. The van der Waals surface area contributed by atoms with Gasteiger partial charge in [0.05, 0.1) is 5.56 Å². The first kappa shape index (κ1) is 36.8. The fraction of sp³-hybridized carbons (Fsp3) is 0.364. The predicted molar refractivity (Wildman–Crippen MR) is 172 cm³/mol. The van der Waals surface area contributed by atoms with Gasteiger partial charge < -0.3 is 30.1 Å². The molecule has 41 heavy (non-hydrogen) atoms. The van der Waals surface area contributed by atoms with Crippen LogP contribution >= 0.6 is 0 Å². The summed E-state index contributed by atoms with van der Waals surface area (Å²) in [7, 11) is 6.01. The summed E-state index contributed by atoms with van der Waals surface area (Å²) in [5, 5.41) is 10.1. The molecule has 2 N–H and O–H groups in total. The van der Waals surface area contributed by atoms with Crippen LogP contribution in [0.5, 0.6) is 0 Å². The van der Waals surface area contributed by atoms with Gasteiger partial charge in [0.15, 0.2) is 0 Å². The number of carbonyl (C=O) groups is 3. The SMILES string of the molecule is C=O.C=O.CC.Cc1ccc(C2CCN(C)CC2)cc1.Cc1ccc(C=N)cc1NC(=O)c1ccc(N(C)C)nc1. The third kappa shape index (κ3) is 12.7. The van der Waals surface area contributed by atoms with E-state index in [1.807, 2.05) is 65.5 Å². The summed E-state index contributed by atoms with van der Waals surface area (Å²) in [6.45, 7) is 14.6. The van der Waals surface area contributed by atoms with E-state index in [-0.39, 0.29) is 5.91 Å². The van der Waals surface area contributed by atoms with E-state index < -0.39 is 0 Å². The van der Waals surface area contributed by atoms with Crippen LogP contribution in [0, 0.1) is 19.3 Å². The molecule has 222 valence electrons. The molecule has 1 amide bonds. The number of aromatic nitrogens is 1. The molecule has 2 aromatic carbocycles. The lowest BCUT2D eigenvalue weighted by atomic mass is 9.89. The van der Waals surface area contributed by atoms with Crippen molar-refractivity contribution in [2.45, 2.75) is 46.5 Å². The zero-order valence-corrected chi connectivity index (χ0v) is 25.7. The first-order valence-electron chi connectivity index (χ1n) is 13.7. The Kier molecular flexibility index (Phi) is 18.6. The molecule has 4 rings (SSSR count). The van der Waals surface area contributed by atoms with Crippen molar-refractivity contribution in [1.29, 1.82) is 5.41 Å². The number of aryl methyl sites for hydroxylation is 2. The van der Waals surface area contributed by atoms with Crippen molar-refractivity contribution in [3.63, 3.8) is 0 Å². The number of piperidine rings is 1. The van der Waals surface area contributed by atoms with Gasteiger partial charge in [0.2, 0.25) is 0 Å². The van der Waals surface area contributed by atoms with Crippen LogP contribution in [0.15, 0.2) is 60.8 Å². The summed E-state index contributed by atoms with van der Waals surface area (Å²) in [5.41, 5.74) is 5.80. The molecule has 0 bridgehead atoms. The highest BCUT2D eigenvalue weighted by atomic mass is 16.1. The van der Waals surface area contributed by atoms with Gasteiger partial charge in [-0.1, -0.05) is 55.8 Å². The molecule has 3 aromatic rings. The predicted octanol–water partition coefficient (Wildman–Crippen LogP) is 6.17. The molecular formula is C33H47N5O3. The van der Waals surface area contributed by atoms with E-state index in [0.29, 0.717) is 11.3 Å². The minimum Gasteiger partial charge on any atom is -0.363 e. The van der Waals surface area contributed by atoms with Crippen molar-refractivity contribution >= 4 is 37.2 Å². The molecule has 1 aromatic heterocycles. The molecule has 0 atom stereocenters. The van der Waals surface area contributed by atoms with Crippen molar-refractivity contribution in [2.75, 3.05) is 44.4 Å². The van der Waals surface area contributed by atoms with E-state index in [1.54, 1.807) is 24.4 Å². The number of likely N-dealkylation sites (tertiary alicyclic amines) is 1. The molecular weight excluding hydrogens is 514 g/mol. The highest BCUT2D eigenvalue weighted by molar-refractivity contribution is 6.04. The Morgan fingerprint density at radius 3 is 2.05 bits per heavy atom. The molecule has 0 radical (unpaired) electrons. The minimum absolute atomic E-state index is 0.210. The summed E-state index contributed by atoms with van der Waals surface area (Å²) in [6, 6.07) is 18.1. The third-order valence-electron chi connectivity index (χ3n) is 6.41. The topological polar surface area (TPSA) is 106 Å². The lowest BCUT2D eigenvalue weighted by molar-refractivity contribution is -0.0987. The number of nitrogens with one attached hydrogen (secondary N) is 2. The summed E-state index contributed by atoms with van der Waals surface area (Å²) in [5.74, 6) is 1.39. The number of pyridine rings is 1. The Balaban J connectivity index is 0.000000693. The summed E-state index contributed by atoms with van der Waals surface area (Å²) in [6.07, 6.45) is 5.45. The second-order valence-electron chi connectivity index (χ2n) is 9.46. The number of amides is 1. The van der Waals surface area contributed by atoms with Crippen LogP contribution in [-0.4, -0.2) is 69.8 Å². The van der Waals surface area contributed by atoms with Crippen LogP contribution in [0.4, 0.5) is 11.5 Å². The number of hydrogen-bond donors (Lipinski definition) is 2. The van der Waals surface area contributed by atoms with Crippen molar-refractivity contribution in [2.24, 2.45) is 0 Å². The lowest BCUT2D eigenvalue weighted by Gasteiger charge is -2.29. The van der Waals surface area contributed by atoms with Crippen molar-refractivity contribution < 1.29 is 14.4 Å². The van der Waals surface area contributed by atoms with E-state index in [9.17, 15) is 4.79 Å². The number of anilines is 2. The van der Waals surface area contributed by atoms with E-state index in [2.05, 4.69) is 53.4 Å². The summed E-state index contributed by atoms with van der Waals surface area (Å²) >= 11 is 0. The fourth-order valence-electron chi connectivity index (χ4n) is 4.02. The molecule has 8 heteroatoms. The van der Waals surface area contributed by atoms with Crippen LogP contribution in [0.2, 0.25) is 0 Å². The molecule has 0 aliphatic carbocycles. The molecule has 0 saturated carbocycles. The molecule has 1 saturated heterocycles. The highest BCUT2D eigenvalue weighted by Gasteiger charge is 2.17. The van der Waals surface area contributed by atoms with Crippen LogP contribution < -0.4 is 10.2 Å². The molecule has 8 nitrogen and oxygen atoms in total. The summed E-state index contributed by atoms with van der Waals surface area (Å²) < 4.78 is 0. The van der Waals surface area contributed by atoms with Crippen molar-refractivity contribution in [3.05, 3.63) is 88.6 Å². The Morgan fingerprint density at radius 1 is 0.976 bits per heavy atom. The van der Waals surface area contributed by atoms with Gasteiger partial charge >= 0.3 is 0 Å². The maximum absolute atomic E-state index is 12.2. The maximum atomic E-state index is 12.2. The van der Waals surface area contributed by atoms with Gasteiger partial charge in [-0.25, -0.2) is 4.98 Å². The van der Waals surface area contributed by atoms with E-state index in [1.165, 1.54) is 43.3 Å². The van der Waals surface area contributed by atoms with E-state index in [4.69, 9.17) is 15.0 Å². The normalized spacial score (nSPS) is 12.3. The monoisotopic (exact) mass is 561 g/mol. The van der Waals surface area contributed by atoms with Gasteiger partial charge in [-0.05, 0) is 87.6 Å². The zero-order chi connectivity index (χ0) is 31.4. The van der Waals surface area contributed by atoms with Gasteiger partial charge in [0.1, 0.15) is 19.4 Å². The zero-order valence-electron chi connectivity index (χ0n) is 25.7. The standard InChI is InChI=1S/C16H18N4O.C13H19N.C2H6.2CH2O/c1-11-4-5-12(9-17)8-14(11)19-16(21)13-6-7-15(18-10-13)20(2)3;1-11-3-5-12(6-4-11)13-7-9-14(2)10-8-13;3*1-2/h4-10,17H,1-3H3,(H,19,21);3-6,13H,7-10H2,1-2H3;1-2H3;2*1H2. The molecule has 1 fully saturated rings. The molecule has 1 aliphatic rings. The smallest absolute Gasteiger partial charge is 0.257 e. The second kappa shape index (κ2) is 20.7. The average molecular weight is 562 g/mol. The second-order valence-corrected chi connectivity index (χ2v) is 9.46. The van der Waals surface area contributed by atoms with Crippen molar-refractivity contribution in [3.8, 4) is 0 Å². The number of nitrogens with zero attached hydrogens (tertiary/aromatic N) is 3. The highest BCUT2D eigenvalue weighted by Crippen LogP contribution is 2.27. The Morgan fingerprint density at radius 2 is 1.56 bits per heavy atom. The Hall–Kier alpha value is -4.17. The average Bonchev–Trinajstić information content (AvgIpc) is 3.02. The molecule has 1 aliphatic heterocycles. The summed E-state index contributed by atoms with van der Waals surface area (Å²) in [4.78, 5) is 36.7. The van der Waals surface area contributed by atoms with Crippen LogP contribution in [-0.2, 0) is 9.59 Å². The molecule has 0 unspecified atom stereocenters. The number of rotatable bonds is 5. The number of carbonyl (C=O) groups excluding carboxylic acids is 3. The number of benzene rings is 2.